The van der Waals surface area contributed by atoms with Gasteiger partial charge in [0.2, 0.25) is 0 Å². The van der Waals surface area contributed by atoms with E-state index in [2.05, 4.69) is 10.1 Å². The molecule has 0 atom stereocenters. The van der Waals surface area contributed by atoms with Crippen LogP contribution in [-0.4, -0.2) is 75.4 Å². The Labute approximate surface area is 114 Å². The summed E-state index contributed by atoms with van der Waals surface area (Å²) in [7, 11) is 0. The van der Waals surface area contributed by atoms with Crippen LogP contribution < -0.4 is 0 Å². The maximum atomic E-state index is 7.00. The third-order valence-electron chi connectivity index (χ3n) is 0.0333. The lowest BCUT2D eigenvalue weighted by Crippen LogP contribution is -1.75. The van der Waals surface area contributed by atoms with E-state index in [1.54, 1.807) is 0 Å². The van der Waals surface area contributed by atoms with Crippen molar-refractivity contribution in [3.05, 3.63) is 19.9 Å². The maximum Gasteiger partial charge on any atom is 0 e. The van der Waals surface area contributed by atoms with Gasteiger partial charge in [0.25, 0.3) is 0 Å². The molecule has 0 aromatic rings. The Morgan fingerprint density at radius 1 is 0.429 bits per heavy atom. The zero-order valence-corrected chi connectivity index (χ0v) is 9.13. The number of hydrogen-bond donors (Lipinski definition) is 6. The van der Waals surface area contributed by atoms with Crippen molar-refractivity contribution in [2.24, 2.45) is 0 Å². The third kappa shape index (κ3) is 26300. The average Bonchev–Trinajstić information content (AvgIpc) is 2.29. The molecule has 0 saturated carbocycles. The Morgan fingerprint density at radius 2 is 0.476 bits per heavy atom. The molecule has 0 fully saturated rings. The van der Waals surface area contributed by atoms with Crippen LogP contribution in [-0.2, 0) is 10.1 Å². The Kier molecular flexibility index (Phi) is 189000. The molecule has 0 aromatic heterocycles. The van der Waals surface area contributed by atoms with Gasteiger partial charge >= 0.3 is 0 Å². The van der Waals surface area contributed by atoms with Crippen LogP contribution in [0.5, 0.6) is 0 Å². The molecule has 150 valence electrons. The monoisotopic (exact) mass is 358 g/mol. The lowest BCUT2D eigenvalue weighted by Gasteiger charge is -1.71. The van der Waals surface area contributed by atoms with Gasteiger partial charge in [0, 0.05) is 19.9 Å². The summed E-state index contributed by atoms with van der Waals surface area (Å²) in [5, 5.41) is 43.0. The predicted molar refractivity (Wildman–Crippen MR) is 67.1 cm³/mol. The van der Waals surface area contributed by atoms with Crippen LogP contribution in [0.2, 0.25) is 0 Å². The first-order chi connectivity index (χ1) is 5.91. The molecule has 0 bridgehead atoms. The maximum absolute atomic E-state index is 7.00. The topological polar surface area (TPSA) is 460 Å². The van der Waals surface area contributed by atoms with E-state index in [0.717, 1.165) is 0 Å². The summed E-state index contributed by atoms with van der Waals surface area (Å²) < 4.78 is 0. The molecule has 0 rings (SSSR count). The van der Waals surface area contributed by atoms with Gasteiger partial charge < -0.3 is 43.8 Å². The molecule has 20 nitrogen and oxygen atoms in total. The van der Waals surface area contributed by atoms with Crippen molar-refractivity contribution >= 4 is 0 Å². The molecule has 0 heterocycles. The fourth-order valence-corrected chi connectivity index (χ4v) is 0. The third-order valence-corrected chi connectivity index (χ3v) is 0.0333. The van der Waals surface area contributed by atoms with Crippen LogP contribution in [0.25, 0.3) is 0 Å². The zero-order valence-electron chi connectivity index (χ0n) is 9.13. The minimum Gasteiger partial charge on any atom is -0.412 e. The van der Waals surface area contributed by atoms with Crippen molar-refractivity contribution < 1.29 is 85.4 Å². The molecule has 0 spiro atoms. The SMILES string of the molecule is C.O.O.O.O.O.O.O.O.O=O.O=O.OO.OO.OOOO. The highest BCUT2D eigenvalue weighted by Gasteiger charge is 1.53. The smallest absolute Gasteiger partial charge is 0 e. The average molecular weight is 358 g/mol. The standard InChI is InChI=1S/CH4.H2O4.2H2O2.2O2.8H2O/c;1-3-4-2;4*1-2;;;;;;;;/h1H4;1-2H;2*1-2H;;;8*1H2. The van der Waals surface area contributed by atoms with Crippen molar-refractivity contribution in [2.45, 2.75) is 7.43 Å². The van der Waals surface area contributed by atoms with Crippen molar-refractivity contribution in [3.63, 3.8) is 0 Å². The Hall–Kier alpha value is -1.44. The van der Waals surface area contributed by atoms with Gasteiger partial charge in [0.15, 0.2) is 0 Å². The molecular weight excluding hydrogens is 332 g/mol. The Bertz CT molecular complexity index is 17.8. The van der Waals surface area contributed by atoms with Crippen molar-refractivity contribution in [1.82, 2.24) is 0 Å². The second kappa shape index (κ2) is 18200. The summed E-state index contributed by atoms with van der Waals surface area (Å²) in [6, 6.07) is 0. The molecule has 21 heavy (non-hydrogen) atoms. The number of hydrogen-bond acceptors (Lipinski definition) is 12. The van der Waals surface area contributed by atoms with Gasteiger partial charge in [-0.2, -0.15) is 0 Å². The first-order valence-electron chi connectivity index (χ1n) is 1.27. The second-order valence-corrected chi connectivity index (χ2v) is 0.149. The molecule has 0 aliphatic rings. The first kappa shape index (κ1) is 218. The van der Waals surface area contributed by atoms with Gasteiger partial charge in [-0.15, -0.1) is 0 Å². The highest BCUT2D eigenvalue weighted by molar-refractivity contribution is 4.08. The lowest BCUT2D eigenvalue weighted by molar-refractivity contribution is -0.611. The molecular formula is CH26O20. The van der Waals surface area contributed by atoms with Gasteiger partial charge in [-0.3, -0.25) is 21.0 Å². The van der Waals surface area contributed by atoms with E-state index in [-0.39, 0.29) is 51.2 Å². The molecule has 0 aliphatic carbocycles. The van der Waals surface area contributed by atoms with Crippen LogP contribution in [0.4, 0.5) is 0 Å². The van der Waals surface area contributed by atoms with Gasteiger partial charge in [0.05, 0.1) is 0 Å². The van der Waals surface area contributed by atoms with Gasteiger partial charge in [0.1, 0.15) is 0 Å². The fourth-order valence-electron chi connectivity index (χ4n) is 0. The fraction of sp³-hybridized carbons (Fsp3) is 1.00. The predicted octanol–water partition coefficient (Wildman–Crippen LogP) is -5.91. The van der Waals surface area contributed by atoms with E-state index in [1.165, 1.54) is 0 Å². The van der Waals surface area contributed by atoms with Crippen LogP contribution in [0.15, 0.2) is 0 Å². The minimum absolute atomic E-state index is 0. The van der Waals surface area contributed by atoms with Crippen LogP contribution >= 0.6 is 0 Å². The molecule has 0 unspecified atom stereocenters. The molecule has 0 radical (unpaired) electrons. The summed E-state index contributed by atoms with van der Waals surface area (Å²) in [4.78, 5) is 28.0. The zero-order chi connectivity index (χ0) is 11.4. The summed E-state index contributed by atoms with van der Waals surface area (Å²) in [6.45, 7) is 0. The highest BCUT2D eigenvalue weighted by Crippen LogP contribution is 1.49. The molecule has 0 aliphatic heterocycles. The van der Waals surface area contributed by atoms with Crippen molar-refractivity contribution in [1.29, 1.82) is 0 Å². The molecule has 0 aromatic carbocycles. The normalized spacial score (nSPS) is 2.38. The second-order valence-electron chi connectivity index (χ2n) is 0.149. The van der Waals surface area contributed by atoms with Crippen LogP contribution in [0.1, 0.15) is 7.43 Å². The molecule has 20 heteroatoms. The van der Waals surface area contributed by atoms with Gasteiger partial charge in [-0.1, -0.05) is 7.43 Å². The molecule has 0 saturated heterocycles. The summed E-state index contributed by atoms with van der Waals surface area (Å²) in [5.74, 6) is 0. The van der Waals surface area contributed by atoms with Crippen LogP contribution in [0.3, 0.4) is 0 Å². The van der Waals surface area contributed by atoms with E-state index in [4.69, 9.17) is 51.4 Å². The van der Waals surface area contributed by atoms with Crippen molar-refractivity contribution in [2.75, 3.05) is 0 Å². The minimum atomic E-state index is 0. The summed E-state index contributed by atoms with van der Waals surface area (Å²) in [5.41, 5.74) is 0. The van der Waals surface area contributed by atoms with E-state index in [1.807, 2.05) is 0 Å². The van der Waals surface area contributed by atoms with E-state index in [9.17, 15) is 0 Å². The number of rotatable bonds is 1. The quantitative estimate of drug-likeness (QED) is 0.188. The summed E-state index contributed by atoms with van der Waals surface area (Å²) in [6.07, 6.45) is 0. The Balaban J connectivity index is -0.00000000226. The van der Waals surface area contributed by atoms with E-state index >= 15 is 0 Å². The summed E-state index contributed by atoms with van der Waals surface area (Å²) >= 11 is 0. The first-order valence-corrected chi connectivity index (χ1v) is 1.27. The largest absolute Gasteiger partial charge is 0.412 e. The molecule has 22 N–H and O–H groups in total. The molecule has 0 amide bonds. The van der Waals surface area contributed by atoms with Crippen LogP contribution in [0, 0.1) is 19.9 Å². The Morgan fingerprint density at radius 3 is 0.476 bits per heavy atom. The highest BCUT2D eigenvalue weighted by atomic mass is 17.6. The van der Waals surface area contributed by atoms with Gasteiger partial charge in [-0.25, -0.2) is 10.5 Å². The van der Waals surface area contributed by atoms with E-state index in [0.29, 0.717) is 0 Å². The van der Waals surface area contributed by atoms with E-state index < -0.39 is 0 Å². The van der Waals surface area contributed by atoms with Crippen molar-refractivity contribution in [3.8, 4) is 0 Å². The van der Waals surface area contributed by atoms with Gasteiger partial charge in [-0.05, 0) is 10.1 Å². The lowest BCUT2D eigenvalue weighted by atomic mass is 12.0.